The minimum atomic E-state index is -0.439. The molecular formula is C14H12Cl2N2O3. The van der Waals surface area contributed by atoms with Crippen molar-refractivity contribution in [3.05, 3.63) is 62.1 Å². The molecule has 110 valence electrons. The first-order valence-corrected chi connectivity index (χ1v) is 6.80. The lowest BCUT2D eigenvalue weighted by molar-refractivity contribution is -0.384. The summed E-state index contributed by atoms with van der Waals surface area (Å²) in [6.07, 6.45) is 0. The minimum absolute atomic E-state index is 0.00252. The molecule has 7 heteroatoms. The zero-order valence-corrected chi connectivity index (χ0v) is 12.6. The molecule has 2 rings (SSSR count). The number of rotatable bonds is 5. The van der Waals surface area contributed by atoms with Crippen LogP contribution in [0.1, 0.15) is 5.56 Å². The molecule has 0 bridgehead atoms. The number of benzene rings is 2. The highest BCUT2D eigenvalue weighted by Crippen LogP contribution is 2.30. The Morgan fingerprint density at radius 3 is 2.48 bits per heavy atom. The van der Waals surface area contributed by atoms with Crippen LogP contribution in [0.3, 0.4) is 0 Å². The summed E-state index contributed by atoms with van der Waals surface area (Å²) in [4.78, 5) is 10.5. The van der Waals surface area contributed by atoms with Crippen LogP contribution in [0, 0.1) is 10.1 Å². The first-order valence-electron chi connectivity index (χ1n) is 6.04. The van der Waals surface area contributed by atoms with Gasteiger partial charge in [0.05, 0.1) is 4.92 Å². The maximum atomic E-state index is 11.0. The van der Waals surface area contributed by atoms with Crippen LogP contribution in [0.2, 0.25) is 10.0 Å². The van der Waals surface area contributed by atoms with Crippen molar-refractivity contribution in [2.24, 2.45) is 0 Å². The predicted molar refractivity (Wildman–Crippen MR) is 83.4 cm³/mol. The summed E-state index contributed by atoms with van der Waals surface area (Å²) in [5.74, 6) is 0.501. The molecule has 2 aromatic rings. The van der Waals surface area contributed by atoms with Gasteiger partial charge < -0.3 is 10.1 Å². The average molecular weight is 327 g/mol. The summed E-state index contributed by atoms with van der Waals surface area (Å²) < 4.78 is 5.60. The van der Waals surface area contributed by atoms with E-state index < -0.39 is 4.92 Å². The number of nitro groups is 1. The van der Waals surface area contributed by atoms with E-state index in [0.717, 1.165) is 0 Å². The number of hydrogen-bond donors (Lipinski definition) is 1. The standard InChI is InChI=1S/C14H12Cl2N2O3/c1-17-14-9(3-2-4-13(14)18(19)20)8-21-12-6-10(15)5-11(16)7-12/h2-7,17H,8H2,1H3. The number of nitro benzene ring substituents is 1. The molecular weight excluding hydrogens is 315 g/mol. The number of anilines is 1. The molecule has 0 radical (unpaired) electrons. The fourth-order valence-corrected chi connectivity index (χ4v) is 2.43. The summed E-state index contributed by atoms with van der Waals surface area (Å²) in [6.45, 7) is 0.161. The second-order valence-corrected chi connectivity index (χ2v) is 5.09. The Bertz CT molecular complexity index is 657. The Balaban J connectivity index is 2.23. The summed E-state index contributed by atoms with van der Waals surface area (Å²) >= 11 is 11.8. The van der Waals surface area contributed by atoms with Crippen molar-refractivity contribution in [1.29, 1.82) is 0 Å². The van der Waals surface area contributed by atoms with Crippen LogP contribution in [0.15, 0.2) is 36.4 Å². The molecule has 1 N–H and O–H groups in total. The SMILES string of the molecule is CNc1c(COc2cc(Cl)cc(Cl)c2)cccc1[N+](=O)[O-]. The third kappa shape index (κ3) is 3.77. The molecule has 0 fully saturated rings. The van der Waals surface area contributed by atoms with Crippen LogP contribution in [-0.2, 0) is 6.61 Å². The highest BCUT2D eigenvalue weighted by Gasteiger charge is 2.16. The third-order valence-electron chi connectivity index (χ3n) is 2.81. The monoisotopic (exact) mass is 326 g/mol. The molecule has 0 unspecified atom stereocenters. The quantitative estimate of drug-likeness (QED) is 0.648. The van der Waals surface area contributed by atoms with Gasteiger partial charge in [0.25, 0.3) is 5.69 Å². The van der Waals surface area contributed by atoms with Crippen molar-refractivity contribution < 1.29 is 9.66 Å². The normalized spacial score (nSPS) is 10.2. The number of hydrogen-bond acceptors (Lipinski definition) is 4. The van der Waals surface area contributed by atoms with E-state index in [0.29, 0.717) is 27.0 Å². The molecule has 0 atom stereocenters. The summed E-state index contributed by atoms with van der Waals surface area (Å²) in [6, 6.07) is 9.66. The molecule has 2 aromatic carbocycles. The van der Waals surface area contributed by atoms with Gasteiger partial charge in [0.15, 0.2) is 0 Å². The smallest absolute Gasteiger partial charge is 0.292 e. The lowest BCUT2D eigenvalue weighted by Gasteiger charge is -2.11. The van der Waals surface area contributed by atoms with E-state index in [9.17, 15) is 10.1 Å². The van der Waals surface area contributed by atoms with Crippen LogP contribution >= 0.6 is 23.2 Å². The second-order valence-electron chi connectivity index (χ2n) is 4.21. The van der Waals surface area contributed by atoms with Gasteiger partial charge in [-0.1, -0.05) is 35.3 Å². The van der Waals surface area contributed by atoms with E-state index in [2.05, 4.69) is 5.32 Å². The number of nitrogens with zero attached hydrogens (tertiary/aromatic N) is 1. The van der Waals surface area contributed by atoms with Crippen molar-refractivity contribution in [3.8, 4) is 5.75 Å². The van der Waals surface area contributed by atoms with Crippen molar-refractivity contribution in [2.45, 2.75) is 6.61 Å². The van der Waals surface area contributed by atoms with Crippen LogP contribution in [0.4, 0.5) is 11.4 Å². The Hall–Kier alpha value is -1.98. The second kappa shape index (κ2) is 6.65. The van der Waals surface area contributed by atoms with E-state index in [4.69, 9.17) is 27.9 Å². The fraction of sp³-hybridized carbons (Fsp3) is 0.143. The predicted octanol–water partition coefficient (Wildman–Crippen LogP) is 4.52. The van der Waals surface area contributed by atoms with E-state index >= 15 is 0 Å². The van der Waals surface area contributed by atoms with Crippen LogP contribution in [0.25, 0.3) is 0 Å². The van der Waals surface area contributed by atoms with Crippen LogP contribution in [0.5, 0.6) is 5.75 Å². The molecule has 0 saturated heterocycles. The zero-order valence-electron chi connectivity index (χ0n) is 11.1. The maximum Gasteiger partial charge on any atom is 0.292 e. The van der Waals surface area contributed by atoms with Gasteiger partial charge in [0.1, 0.15) is 18.0 Å². The molecule has 21 heavy (non-hydrogen) atoms. The fourth-order valence-electron chi connectivity index (χ4n) is 1.92. The minimum Gasteiger partial charge on any atom is -0.489 e. The largest absolute Gasteiger partial charge is 0.489 e. The molecule has 0 saturated carbocycles. The molecule has 0 spiro atoms. The highest BCUT2D eigenvalue weighted by molar-refractivity contribution is 6.34. The Labute approximate surface area is 131 Å². The van der Waals surface area contributed by atoms with Crippen molar-refractivity contribution in [1.82, 2.24) is 0 Å². The van der Waals surface area contributed by atoms with E-state index in [1.165, 1.54) is 6.07 Å². The van der Waals surface area contributed by atoms with Crippen molar-refractivity contribution >= 4 is 34.6 Å². The molecule has 0 aromatic heterocycles. The lowest BCUT2D eigenvalue weighted by Crippen LogP contribution is -2.04. The van der Waals surface area contributed by atoms with Gasteiger partial charge in [-0.2, -0.15) is 0 Å². The first kappa shape index (κ1) is 15.4. The Morgan fingerprint density at radius 2 is 1.90 bits per heavy atom. The van der Waals surface area contributed by atoms with Gasteiger partial charge in [-0.25, -0.2) is 0 Å². The molecule has 0 amide bonds. The van der Waals surface area contributed by atoms with Crippen molar-refractivity contribution in [2.75, 3.05) is 12.4 Å². The number of nitrogens with one attached hydrogen (secondary N) is 1. The van der Waals surface area contributed by atoms with E-state index in [-0.39, 0.29) is 12.3 Å². The van der Waals surface area contributed by atoms with Gasteiger partial charge >= 0.3 is 0 Å². The van der Waals surface area contributed by atoms with Gasteiger partial charge in [0, 0.05) is 28.7 Å². The molecule has 0 aliphatic heterocycles. The average Bonchev–Trinajstić information content (AvgIpc) is 2.43. The zero-order chi connectivity index (χ0) is 15.4. The molecule has 0 heterocycles. The van der Waals surface area contributed by atoms with Gasteiger partial charge in [-0.3, -0.25) is 10.1 Å². The number of para-hydroxylation sites is 1. The summed E-state index contributed by atoms with van der Waals surface area (Å²) in [5.41, 5.74) is 1.10. The highest BCUT2D eigenvalue weighted by atomic mass is 35.5. The molecule has 5 nitrogen and oxygen atoms in total. The van der Waals surface area contributed by atoms with Gasteiger partial charge in [-0.15, -0.1) is 0 Å². The lowest BCUT2D eigenvalue weighted by atomic mass is 10.1. The topological polar surface area (TPSA) is 64.4 Å². The van der Waals surface area contributed by atoms with Crippen LogP contribution < -0.4 is 10.1 Å². The Kier molecular flexibility index (Phi) is 4.88. The Morgan fingerprint density at radius 1 is 1.24 bits per heavy atom. The third-order valence-corrected chi connectivity index (χ3v) is 3.24. The number of ether oxygens (including phenoxy) is 1. The molecule has 0 aliphatic carbocycles. The number of halogens is 2. The summed E-state index contributed by atoms with van der Waals surface area (Å²) in [5, 5.41) is 14.7. The van der Waals surface area contributed by atoms with Crippen molar-refractivity contribution in [3.63, 3.8) is 0 Å². The maximum absolute atomic E-state index is 11.0. The van der Waals surface area contributed by atoms with Crippen LogP contribution in [-0.4, -0.2) is 12.0 Å². The van der Waals surface area contributed by atoms with Gasteiger partial charge in [0.2, 0.25) is 0 Å². The van der Waals surface area contributed by atoms with E-state index in [1.807, 2.05) is 0 Å². The van der Waals surface area contributed by atoms with E-state index in [1.54, 1.807) is 37.4 Å². The molecule has 0 aliphatic rings. The summed E-state index contributed by atoms with van der Waals surface area (Å²) in [7, 11) is 1.63. The van der Waals surface area contributed by atoms with Gasteiger partial charge in [-0.05, 0) is 18.2 Å². The first-order chi connectivity index (χ1) is 10.0.